The van der Waals surface area contributed by atoms with Crippen LogP contribution in [0.5, 0.6) is 0 Å². The first-order valence-corrected chi connectivity index (χ1v) is 6.19. The number of methoxy groups -OCH3 is 1. The highest BCUT2D eigenvalue weighted by Crippen LogP contribution is 2.23. The van der Waals surface area contributed by atoms with Gasteiger partial charge in [-0.05, 0) is 25.5 Å². The van der Waals surface area contributed by atoms with Crippen molar-refractivity contribution < 1.29 is 14.6 Å². The van der Waals surface area contributed by atoms with E-state index in [2.05, 4.69) is 10.3 Å². The van der Waals surface area contributed by atoms with E-state index in [0.717, 1.165) is 11.9 Å². The van der Waals surface area contributed by atoms with E-state index in [9.17, 15) is 4.79 Å². The Labute approximate surface area is 114 Å². The van der Waals surface area contributed by atoms with Crippen molar-refractivity contribution in [1.29, 1.82) is 0 Å². The molecule has 19 heavy (non-hydrogen) atoms. The Balaban J connectivity index is 2.33. The molecule has 0 aliphatic heterocycles. The van der Waals surface area contributed by atoms with E-state index in [4.69, 9.17) is 21.4 Å². The highest BCUT2D eigenvalue weighted by Gasteiger charge is 2.14. The Bertz CT molecular complexity index is 612. The number of fused-ring (bicyclic) bond motifs is 1. The number of ether oxygens (including phenoxy) is 1. The number of aryl methyl sites for hydroxylation is 1. The van der Waals surface area contributed by atoms with E-state index in [0.29, 0.717) is 12.1 Å². The van der Waals surface area contributed by atoms with Gasteiger partial charge in [0.05, 0.1) is 22.2 Å². The summed E-state index contributed by atoms with van der Waals surface area (Å²) in [5, 5.41) is 17.1. The van der Waals surface area contributed by atoms with Gasteiger partial charge in [-0.25, -0.2) is 9.48 Å². The first-order valence-electron chi connectivity index (χ1n) is 5.81. The van der Waals surface area contributed by atoms with E-state index >= 15 is 0 Å². The molecule has 0 saturated heterocycles. The number of aromatic nitrogens is 3. The van der Waals surface area contributed by atoms with Gasteiger partial charge in [-0.1, -0.05) is 16.8 Å². The summed E-state index contributed by atoms with van der Waals surface area (Å²) in [5.74, 6) is -1.07. The largest absolute Gasteiger partial charge is 0.478 e. The lowest BCUT2D eigenvalue weighted by Gasteiger charge is -2.09. The van der Waals surface area contributed by atoms with Crippen molar-refractivity contribution in [3.05, 3.63) is 22.7 Å². The predicted octanol–water partition coefficient (Wildman–Crippen LogP) is 2.21. The fraction of sp³-hybridized carbons (Fsp3) is 0.417. The minimum absolute atomic E-state index is 0.0338. The number of benzene rings is 1. The van der Waals surface area contributed by atoms with Gasteiger partial charge < -0.3 is 9.84 Å². The lowest BCUT2D eigenvalue weighted by Crippen LogP contribution is -2.10. The Morgan fingerprint density at radius 3 is 2.95 bits per heavy atom. The third-order valence-electron chi connectivity index (χ3n) is 2.98. The molecular weight excluding hydrogens is 270 g/mol. The van der Waals surface area contributed by atoms with E-state index in [1.54, 1.807) is 17.9 Å². The van der Waals surface area contributed by atoms with E-state index in [1.807, 2.05) is 6.92 Å². The molecule has 2 aromatic rings. The summed E-state index contributed by atoms with van der Waals surface area (Å²) >= 11 is 5.94. The van der Waals surface area contributed by atoms with E-state index < -0.39 is 5.97 Å². The van der Waals surface area contributed by atoms with Gasteiger partial charge in [-0.2, -0.15) is 0 Å². The molecular formula is C12H14ClN3O3. The second kappa shape index (κ2) is 5.54. The van der Waals surface area contributed by atoms with Crippen LogP contribution in [-0.2, 0) is 11.3 Å². The van der Waals surface area contributed by atoms with Gasteiger partial charge in [0.15, 0.2) is 0 Å². The molecule has 1 aromatic carbocycles. The van der Waals surface area contributed by atoms with Gasteiger partial charge in [0.1, 0.15) is 5.52 Å². The third-order valence-corrected chi connectivity index (χ3v) is 3.30. The minimum Gasteiger partial charge on any atom is -0.478 e. The van der Waals surface area contributed by atoms with Crippen LogP contribution in [0.15, 0.2) is 12.1 Å². The zero-order valence-electron chi connectivity index (χ0n) is 10.6. The first kappa shape index (κ1) is 13.8. The average Bonchev–Trinajstić information content (AvgIpc) is 2.76. The molecule has 1 aromatic heterocycles. The van der Waals surface area contributed by atoms with Crippen LogP contribution in [0.2, 0.25) is 5.02 Å². The molecule has 0 aliphatic carbocycles. The summed E-state index contributed by atoms with van der Waals surface area (Å²) in [6.45, 7) is 2.60. The van der Waals surface area contributed by atoms with Gasteiger partial charge in [-0.3, -0.25) is 0 Å². The summed E-state index contributed by atoms with van der Waals surface area (Å²) in [4.78, 5) is 11.0. The zero-order valence-corrected chi connectivity index (χ0v) is 11.4. The van der Waals surface area contributed by atoms with E-state index in [-0.39, 0.29) is 16.7 Å². The van der Waals surface area contributed by atoms with Gasteiger partial charge in [0, 0.05) is 13.7 Å². The second-order valence-corrected chi connectivity index (χ2v) is 4.68. The predicted molar refractivity (Wildman–Crippen MR) is 70.6 cm³/mol. The monoisotopic (exact) mass is 283 g/mol. The van der Waals surface area contributed by atoms with Crippen LogP contribution in [0.25, 0.3) is 11.0 Å². The Hall–Kier alpha value is -1.66. The molecule has 1 atom stereocenters. The zero-order chi connectivity index (χ0) is 14.0. The normalized spacial score (nSPS) is 12.8. The van der Waals surface area contributed by atoms with Crippen molar-refractivity contribution in [3.63, 3.8) is 0 Å². The number of aromatic carboxylic acids is 1. The van der Waals surface area contributed by atoms with Crippen molar-refractivity contribution >= 4 is 28.6 Å². The maximum absolute atomic E-state index is 11.0. The van der Waals surface area contributed by atoms with Crippen LogP contribution in [0.4, 0.5) is 0 Å². The van der Waals surface area contributed by atoms with Crippen molar-refractivity contribution in [1.82, 2.24) is 15.0 Å². The number of nitrogens with zero attached hydrogens (tertiary/aromatic N) is 3. The molecule has 0 fully saturated rings. The van der Waals surface area contributed by atoms with Gasteiger partial charge in [0.25, 0.3) is 0 Å². The molecule has 0 aliphatic rings. The first-order chi connectivity index (χ1) is 9.02. The molecule has 0 saturated carbocycles. The Morgan fingerprint density at radius 2 is 2.32 bits per heavy atom. The SMILES string of the molecule is COC(C)CCn1nnc2cc(C(=O)O)c(Cl)cc21. The maximum atomic E-state index is 11.0. The molecule has 0 amide bonds. The summed E-state index contributed by atoms with van der Waals surface area (Å²) < 4.78 is 6.87. The Morgan fingerprint density at radius 1 is 1.58 bits per heavy atom. The summed E-state index contributed by atoms with van der Waals surface area (Å²) in [6.07, 6.45) is 0.904. The second-order valence-electron chi connectivity index (χ2n) is 4.27. The molecule has 0 spiro atoms. The number of carboxylic acids is 1. The standard InChI is InChI=1S/C12H14ClN3O3/c1-7(19-2)3-4-16-11-6-9(13)8(12(17)18)5-10(11)14-15-16/h5-7H,3-4H2,1-2H3,(H,17,18). The lowest BCUT2D eigenvalue weighted by atomic mass is 10.2. The number of hydrogen-bond donors (Lipinski definition) is 1. The molecule has 7 heteroatoms. The summed E-state index contributed by atoms with van der Waals surface area (Å²) in [7, 11) is 1.65. The molecule has 0 radical (unpaired) electrons. The number of hydrogen-bond acceptors (Lipinski definition) is 4. The molecule has 2 rings (SSSR count). The van der Waals surface area contributed by atoms with Gasteiger partial charge in [0.2, 0.25) is 0 Å². The fourth-order valence-electron chi connectivity index (χ4n) is 1.74. The van der Waals surface area contributed by atoms with E-state index in [1.165, 1.54) is 6.07 Å². The fourth-order valence-corrected chi connectivity index (χ4v) is 1.98. The van der Waals surface area contributed by atoms with Crippen LogP contribution in [0.1, 0.15) is 23.7 Å². The molecule has 1 unspecified atom stereocenters. The molecule has 1 N–H and O–H groups in total. The van der Waals surface area contributed by atoms with Crippen molar-refractivity contribution in [2.24, 2.45) is 0 Å². The van der Waals surface area contributed by atoms with Crippen molar-refractivity contribution in [2.45, 2.75) is 26.0 Å². The van der Waals surface area contributed by atoms with Crippen LogP contribution in [0, 0.1) is 0 Å². The maximum Gasteiger partial charge on any atom is 0.337 e. The highest BCUT2D eigenvalue weighted by molar-refractivity contribution is 6.34. The number of halogens is 1. The average molecular weight is 284 g/mol. The number of rotatable bonds is 5. The van der Waals surface area contributed by atoms with Gasteiger partial charge in [-0.15, -0.1) is 5.10 Å². The van der Waals surface area contributed by atoms with Gasteiger partial charge >= 0.3 is 5.97 Å². The molecule has 1 heterocycles. The summed E-state index contributed by atoms with van der Waals surface area (Å²) in [6, 6.07) is 3.01. The van der Waals surface area contributed by atoms with Crippen molar-refractivity contribution in [3.8, 4) is 0 Å². The smallest absolute Gasteiger partial charge is 0.337 e. The highest BCUT2D eigenvalue weighted by atomic mass is 35.5. The van der Waals surface area contributed by atoms with Crippen LogP contribution in [0.3, 0.4) is 0 Å². The summed E-state index contributed by atoms with van der Waals surface area (Å²) in [5.41, 5.74) is 1.27. The van der Waals surface area contributed by atoms with Crippen molar-refractivity contribution in [2.75, 3.05) is 7.11 Å². The lowest BCUT2D eigenvalue weighted by molar-refractivity contribution is 0.0697. The Kier molecular flexibility index (Phi) is 4.01. The van der Waals surface area contributed by atoms with Crippen LogP contribution in [-0.4, -0.2) is 39.3 Å². The number of carbonyl (C=O) groups is 1. The quantitative estimate of drug-likeness (QED) is 0.910. The topological polar surface area (TPSA) is 77.2 Å². The minimum atomic E-state index is -1.07. The van der Waals surface area contributed by atoms with Crippen LogP contribution < -0.4 is 0 Å². The molecule has 0 bridgehead atoms. The third kappa shape index (κ3) is 2.85. The number of carboxylic acid groups (broad SMARTS) is 1. The molecule has 6 nitrogen and oxygen atoms in total. The van der Waals surface area contributed by atoms with Crippen LogP contribution >= 0.6 is 11.6 Å². The molecule has 102 valence electrons.